The Morgan fingerprint density at radius 3 is 2.83 bits per heavy atom. The number of rotatable bonds is 6. The number of nitriles is 1. The van der Waals surface area contributed by atoms with Gasteiger partial charge in [-0.3, -0.25) is 0 Å². The zero-order valence-corrected chi connectivity index (χ0v) is 8.14. The van der Waals surface area contributed by atoms with Crippen LogP contribution in [0.1, 0.15) is 6.42 Å². The maximum Gasteiger partial charge on any atom is 0.115 e. The molecule has 0 aromatic rings. The molecule has 0 radical (unpaired) electrons. The third-order valence-corrected chi connectivity index (χ3v) is 2.41. The van der Waals surface area contributed by atoms with E-state index in [0.717, 1.165) is 0 Å². The van der Waals surface area contributed by atoms with E-state index in [0.29, 0.717) is 0 Å². The van der Waals surface area contributed by atoms with Crippen LogP contribution in [0.25, 0.3) is 0 Å². The van der Waals surface area contributed by atoms with Crippen LogP contribution in [0.15, 0.2) is 12.7 Å². The first-order chi connectivity index (χ1) is 5.62. The maximum atomic E-state index is 11.1. The second-order valence-corrected chi connectivity index (χ2v) is 4.53. The summed E-state index contributed by atoms with van der Waals surface area (Å²) >= 11 is 4.48. The molecule has 0 aromatic heterocycles. The minimum absolute atomic E-state index is 0.0361. The van der Waals surface area contributed by atoms with Crippen molar-refractivity contribution < 1.29 is 13.9 Å². The molecule has 0 aliphatic heterocycles. The van der Waals surface area contributed by atoms with E-state index in [1.165, 1.54) is 6.08 Å². The highest BCUT2D eigenvalue weighted by Gasteiger charge is 2.01. The number of hydrogen-bond acceptors (Lipinski definition) is 5. The molecule has 0 fully saturated rings. The van der Waals surface area contributed by atoms with Gasteiger partial charge < -0.3 is 13.9 Å². The molecule has 0 aliphatic carbocycles. The van der Waals surface area contributed by atoms with Gasteiger partial charge in [0, 0.05) is 0 Å². The molecule has 68 valence electrons. The zero-order chi connectivity index (χ0) is 9.45. The van der Waals surface area contributed by atoms with Crippen LogP contribution < -0.4 is 4.89 Å². The molecule has 0 amide bonds. The van der Waals surface area contributed by atoms with E-state index in [9.17, 15) is 4.89 Å². The average molecular weight is 206 g/mol. The van der Waals surface area contributed by atoms with Crippen molar-refractivity contribution >= 4 is 18.5 Å². The smallest absolute Gasteiger partial charge is 0.115 e. The molecule has 4 nitrogen and oxygen atoms in total. The van der Waals surface area contributed by atoms with Crippen molar-refractivity contribution in [2.45, 2.75) is 6.42 Å². The summed E-state index contributed by atoms with van der Waals surface area (Å²) in [5.74, 6) is 0. The summed E-state index contributed by atoms with van der Waals surface area (Å²) in [5, 5.41) is 8.13. The van der Waals surface area contributed by atoms with Gasteiger partial charge in [-0.25, -0.2) is 0 Å². The minimum Gasteiger partial charge on any atom is -0.780 e. The van der Waals surface area contributed by atoms with Crippen LogP contribution >= 0.6 is 6.72 Å². The van der Waals surface area contributed by atoms with Crippen LogP contribution in [0.2, 0.25) is 0 Å². The van der Waals surface area contributed by atoms with Crippen LogP contribution in [0.3, 0.4) is 0 Å². The van der Waals surface area contributed by atoms with E-state index in [2.05, 4.69) is 27.4 Å². The second kappa shape index (κ2) is 6.30. The maximum absolute atomic E-state index is 11.1. The molecule has 0 aliphatic rings. The Morgan fingerprint density at radius 1 is 1.67 bits per heavy atom. The minimum atomic E-state index is -3.38. The summed E-state index contributed by atoms with van der Waals surface area (Å²) in [6.07, 6.45) is 1.57. The monoisotopic (exact) mass is 206 g/mol. The summed E-state index contributed by atoms with van der Waals surface area (Å²) in [6.45, 7) is 0.109. The SMILES string of the molecule is C=CCOP([O-])(=S)OCCC#N. The molecule has 0 heterocycles. The summed E-state index contributed by atoms with van der Waals surface area (Å²) < 4.78 is 9.30. The van der Waals surface area contributed by atoms with Crippen molar-refractivity contribution in [2.75, 3.05) is 13.2 Å². The largest absolute Gasteiger partial charge is 0.780 e. The molecular weight excluding hydrogens is 197 g/mol. The molecule has 0 N–H and O–H groups in total. The fourth-order valence-corrected chi connectivity index (χ4v) is 1.47. The van der Waals surface area contributed by atoms with Crippen molar-refractivity contribution in [3.8, 4) is 6.07 Å². The highest BCUT2D eigenvalue weighted by atomic mass is 32.5. The quantitative estimate of drug-likeness (QED) is 0.363. The van der Waals surface area contributed by atoms with Gasteiger partial charge >= 0.3 is 0 Å². The number of hydrogen-bond donors (Lipinski definition) is 0. The lowest BCUT2D eigenvalue weighted by atomic mass is 10.5. The van der Waals surface area contributed by atoms with Gasteiger partial charge in [0.25, 0.3) is 0 Å². The fourth-order valence-electron chi connectivity index (χ4n) is 0.384. The predicted octanol–water partition coefficient (Wildman–Crippen LogP) is 0.704. The Morgan fingerprint density at radius 2 is 2.33 bits per heavy atom. The van der Waals surface area contributed by atoms with Gasteiger partial charge in [0.15, 0.2) is 0 Å². The summed E-state index contributed by atoms with van der Waals surface area (Å²) in [6, 6.07) is 1.83. The Bertz CT molecular complexity index is 225. The van der Waals surface area contributed by atoms with Crippen LogP contribution in [-0.4, -0.2) is 13.2 Å². The van der Waals surface area contributed by atoms with Gasteiger partial charge in [-0.1, -0.05) is 17.9 Å². The van der Waals surface area contributed by atoms with Crippen molar-refractivity contribution in [3.63, 3.8) is 0 Å². The molecule has 0 spiro atoms. The second-order valence-electron chi connectivity index (χ2n) is 1.77. The van der Waals surface area contributed by atoms with E-state index >= 15 is 0 Å². The lowest BCUT2D eigenvalue weighted by molar-refractivity contribution is -0.205. The van der Waals surface area contributed by atoms with Gasteiger partial charge in [-0.2, -0.15) is 5.26 Å². The van der Waals surface area contributed by atoms with Crippen LogP contribution in [0.5, 0.6) is 0 Å². The van der Waals surface area contributed by atoms with E-state index in [1.54, 1.807) is 0 Å². The Balaban J connectivity index is 3.65. The first kappa shape index (κ1) is 11.8. The van der Waals surface area contributed by atoms with Crippen molar-refractivity contribution in [2.24, 2.45) is 0 Å². The molecule has 0 aromatic carbocycles. The van der Waals surface area contributed by atoms with Crippen LogP contribution in [0, 0.1) is 11.3 Å². The topological polar surface area (TPSA) is 65.3 Å². The van der Waals surface area contributed by atoms with E-state index in [-0.39, 0.29) is 19.6 Å². The normalized spacial score (nSPS) is 14.7. The van der Waals surface area contributed by atoms with Gasteiger partial charge in [-0.15, -0.1) is 6.58 Å². The van der Waals surface area contributed by atoms with Crippen molar-refractivity contribution in [3.05, 3.63) is 12.7 Å². The molecule has 0 saturated carbocycles. The van der Waals surface area contributed by atoms with Crippen LogP contribution in [-0.2, 0) is 20.9 Å². The van der Waals surface area contributed by atoms with E-state index in [4.69, 9.17) is 5.26 Å². The molecule has 12 heavy (non-hydrogen) atoms. The van der Waals surface area contributed by atoms with Gasteiger partial charge in [-0.05, 0) is 0 Å². The Hall–Kier alpha value is -0.240. The third-order valence-electron chi connectivity index (χ3n) is 0.814. The average Bonchev–Trinajstić information content (AvgIpc) is 2.01. The molecule has 0 bridgehead atoms. The molecule has 0 rings (SSSR count). The predicted molar refractivity (Wildman–Crippen MR) is 46.6 cm³/mol. The summed E-state index contributed by atoms with van der Waals surface area (Å²) in [5.41, 5.74) is 0. The fraction of sp³-hybridized carbons (Fsp3) is 0.500. The van der Waals surface area contributed by atoms with Gasteiger partial charge in [0.05, 0.1) is 25.7 Å². The van der Waals surface area contributed by atoms with Crippen molar-refractivity contribution in [1.29, 1.82) is 5.26 Å². The molecule has 1 unspecified atom stereocenters. The summed E-state index contributed by atoms with van der Waals surface area (Å²) in [7, 11) is 0. The molecule has 1 atom stereocenters. The molecule has 6 heteroatoms. The highest BCUT2D eigenvalue weighted by Crippen LogP contribution is 2.38. The first-order valence-corrected chi connectivity index (χ1v) is 5.76. The van der Waals surface area contributed by atoms with Gasteiger partial charge in [0.1, 0.15) is 6.72 Å². The molecule has 0 saturated heterocycles. The Labute approximate surface area is 76.7 Å². The lowest BCUT2D eigenvalue weighted by Gasteiger charge is -2.25. The first-order valence-electron chi connectivity index (χ1n) is 3.20. The third kappa shape index (κ3) is 6.47. The van der Waals surface area contributed by atoms with E-state index < -0.39 is 6.72 Å². The van der Waals surface area contributed by atoms with Crippen molar-refractivity contribution in [1.82, 2.24) is 0 Å². The molecular formula is C6H9NO3PS-. The Kier molecular flexibility index (Phi) is 6.17. The summed E-state index contributed by atoms with van der Waals surface area (Å²) in [4.78, 5) is 11.1. The highest BCUT2D eigenvalue weighted by molar-refractivity contribution is 8.06. The number of nitrogens with zero attached hydrogens (tertiary/aromatic N) is 1. The standard InChI is InChI=1S/C6H10NO3PS/c1-2-5-9-11(8,12)10-6-3-4-7/h2H,1,3,5-6H2,(H,8,12)/p-1. The van der Waals surface area contributed by atoms with Crippen LogP contribution in [0.4, 0.5) is 0 Å². The zero-order valence-electron chi connectivity index (χ0n) is 6.43. The lowest BCUT2D eigenvalue weighted by Crippen LogP contribution is -2.08. The van der Waals surface area contributed by atoms with Gasteiger partial charge in [0.2, 0.25) is 0 Å². The van der Waals surface area contributed by atoms with E-state index in [1.807, 2.05) is 6.07 Å².